The van der Waals surface area contributed by atoms with Crippen LogP contribution in [0.4, 0.5) is 0 Å². The minimum absolute atomic E-state index is 0.00291. The highest BCUT2D eigenvalue weighted by molar-refractivity contribution is 5.75. The molecule has 2 aliphatic heterocycles. The predicted octanol–water partition coefficient (Wildman–Crippen LogP) is 2.97. The van der Waals surface area contributed by atoms with E-state index in [4.69, 9.17) is 19.5 Å². The van der Waals surface area contributed by atoms with Gasteiger partial charge in [0.15, 0.2) is 0 Å². The van der Waals surface area contributed by atoms with Crippen molar-refractivity contribution in [1.29, 1.82) is 5.26 Å². The molecule has 5 atom stereocenters. The van der Waals surface area contributed by atoms with Gasteiger partial charge >= 0.3 is 5.97 Å². The fourth-order valence-electron chi connectivity index (χ4n) is 3.78. The number of nitrogens with zero attached hydrogens (tertiary/aromatic N) is 1. The smallest absolute Gasteiger partial charge is 0.311 e. The lowest BCUT2D eigenvalue weighted by atomic mass is 9.85. The van der Waals surface area contributed by atoms with Crippen LogP contribution in [0.5, 0.6) is 0 Å². The highest BCUT2D eigenvalue weighted by Crippen LogP contribution is 2.43. The number of rotatable bonds is 7. The fourth-order valence-corrected chi connectivity index (χ4v) is 3.78. The lowest BCUT2D eigenvalue weighted by Crippen LogP contribution is -2.51. The molecule has 2 saturated heterocycles. The number of nitriles is 1. The molecule has 0 radical (unpaired) electrons. The van der Waals surface area contributed by atoms with E-state index in [2.05, 4.69) is 6.07 Å². The van der Waals surface area contributed by atoms with E-state index in [1.807, 2.05) is 27.7 Å². The summed E-state index contributed by atoms with van der Waals surface area (Å²) in [6.45, 7) is 7.73. The van der Waals surface area contributed by atoms with Gasteiger partial charge < -0.3 is 19.3 Å². The van der Waals surface area contributed by atoms with Crippen LogP contribution in [0.15, 0.2) is 0 Å². The van der Waals surface area contributed by atoms with E-state index in [1.165, 1.54) is 0 Å². The van der Waals surface area contributed by atoms with Gasteiger partial charge in [-0.05, 0) is 59.8 Å². The zero-order chi connectivity index (χ0) is 19.4. The number of ether oxygens (including phenoxy) is 3. The zero-order valence-electron chi connectivity index (χ0n) is 16.5. The van der Waals surface area contributed by atoms with Crippen LogP contribution < -0.4 is 0 Å². The Balaban J connectivity index is 1.81. The molecule has 26 heavy (non-hydrogen) atoms. The summed E-state index contributed by atoms with van der Waals surface area (Å²) in [5.41, 5.74) is -1.13. The number of aliphatic hydroxyl groups excluding tert-OH is 1. The second-order valence-electron chi connectivity index (χ2n) is 8.78. The van der Waals surface area contributed by atoms with Crippen LogP contribution in [0.25, 0.3) is 0 Å². The normalized spacial score (nSPS) is 32.5. The number of fused-ring (bicyclic) bond motifs is 1. The molecule has 0 aromatic carbocycles. The van der Waals surface area contributed by atoms with Crippen LogP contribution in [-0.4, -0.2) is 48.2 Å². The van der Waals surface area contributed by atoms with E-state index in [1.54, 1.807) is 0 Å². The van der Waals surface area contributed by atoms with Gasteiger partial charge in [-0.15, -0.1) is 0 Å². The third kappa shape index (κ3) is 5.18. The highest BCUT2D eigenvalue weighted by Gasteiger charge is 2.52. The summed E-state index contributed by atoms with van der Waals surface area (Å²) in [6.07, 6.45) is 4.47. The highest BCUT2D eigenvalue weighted by atomic mass is 16.6. The first-order chi connectivity index (χ1) is 12.2. The summed E-state index contributed by atoms with van der Waals surface area (Å²) in [6, 6.07) is 2.25. The monoisotopic (exact) mass is 367 g/mol. The Bertz CT molecular complexity index is 523. The molecule has 0 bridgehead atoms. The van der Waals surface area contributed by atoms with Crippen LogP contribution in [0.2, 0.25) is 0 Å². The van der Waals surface area contributed by atoms with Crippen molar-refractivity contribution >= 4 is 5.97 Å². The second kappa shape index (κ2) is 8.69. The van der Waals surface area contributed by atoms with Crippen molar-refractivity contribution in [3.8, 4) is 6.07 Å². The molecular formula is C20H33NO5. The van der Waals surface area contributed by atoms with Crippen molar-refractivity contribution in [2.24, 2.45) is 11.3 Å². The van der Waals surface area contributed by atoms with Crippen molar-refractivity contribution in [1.82, 2.24) is 0 Å². The van der Waals surface area contributed by atoms with E-state index in [0.717, 1.165) is 25.7 Å². The average molecular weight is 367 g/mol. The summed E-state index contributed by atoms with van der Waals surface area (Å²) in [5, 5.41) is 19.0. The summed E-state index contributed by atoms with van der Waals surface area (Å²) < 4.78 is 17.7. The molecule has 2 aliphatic rings. The molecule has 0 aromatic rings. The molecule has 0 spiro atoms. The molecule has 0 aromatic heterocycles. The quantitative estimate of drug-likeness (QED) is 0.550. The molecule has 0 saturated carbocycles. The van der Waals surface area contributed by atoms with Gasteiger partial charge in [-0.25, -0.2) is 0 Å². The van der Waals surface area contributed by atoms with Crippen LogP contribution in [0.1, 0.15) is 66.2 Å². The lowest BCUT2D eigenvalue weighted by molar-refractivity contribution is -0.185. The van der Waals surface area contributed by atoms with E-state index >= 15 is 0 Å². The van der Waals surface area contributed by atoms with Gasteiger partial charge in [-0.3, -0.25) is 4.79 Å². The SMILES string of the molecule is C[C@@H](C#N)CC1CC[C@@H]2OC(CCCOC(=O)C(C)(C)C)C[C@]2(CO)O1. The standard InChI is InChI=1S/C20H33NO5/c1-14(12-21)10-15-7-8-17-20(13-22,26-15)11-16(25-17)6-5-9-24-18(23)19(2,3)4/h14-17,22H,5-11,13H2,1-4H3/t14-,15?,16?,17+,20-/m1/s1. The Kier molecular flexibility index (Phi) is 7.06. The first kappa shape index (κ1) is 21.1. The number of hydrogen-bond acceptors (Lipinski definition) is 6. The third-order valence-electron chi connectivity index (χ3n) is 5.29. The molecule has 6 heteroatoms. The third-order valence-corrected chi connectivity index (χ3v) is 5.29. The minimum Gasteiger partial charge on any atom is -0.465 e. The Hall–Kier alpha value is -1.16. The Morgan fingerprint density at radius 1 is 1.38 bits per heavy atom. The Morgan fingerprint density at radius 3 is 2.73 bits per heavy atom. The summed E-state index contributed by atoms with van der Waals surface area (Å²) in [5.74, 6) is -0.244. The van der Waals surface area contributed by atoms with Crippen molar-refractivity contribution in [3.63, 3.8) is 0 Å². The minimum atomic E-state index is -0.648. The van der Waals surface area contributed by atoms with Gasteiger partial charge in [0.1, 0.15) is 5.60 Å². The van der Waals surface area contributed by atoms with Gasteiger partial charge in [0.2, 0.25) is 0 Å². The van der Waals surface area contributed by atoms with Crippen LogP contribution in [0, 0.1) is 22.7 Å². The topological polar surface area (TPSA) is 88.8 Å². The maximum atomic E-state index is 11.8. The summed E-state index contributed by atoms with van der Waals surface area (Å²) in [7, 11) is 0. The lowest BCUT2D eigenvalue weighted by Gasteiger charge is -2.41. The zero-order valence-corrected chi connectivity index (χ0v) is 16.5. The number of carbonyl (C=O) groups excluding carboxylic acids is 1. The fraction of sp³-hybridized carbons (Fsp3) is 0.900. The molecule has 0 amide bonds. The van der Waals surface area contributed by atoms with Crippen LogP contribution in [-0.2, 0) is 19.0 Å². The first-order valence-electron chi connectivity index (χ1n) is 9.71. The predicted molar refractivity (Wildman–Crippen MR) is 96.2 cm³/mol. The Labute approximate surface area is 156 Å². The molecule has 2 fully saturated rings. The Morgan fingerprint density at radius 2 is 2.12 bits per heavy atom. The van der Waals surface area contributed by atoms with Crippen molar-refractivity contribution in [3.05, 3.63) is 0 Å². The van der Waals surface area contributed by atoms with Crippen LogP contribution >= 0.6 is 0 Å². The number of esters is 1. The largest absolute Gasteiger partial charge is 0.465 e. The first-order valence-corrected chi connectivity index (χ1v) is 9.71. The van der Waals surface area contributed by atoms with Crippen molar-refractivity contribution < 1.29 is 24.1 Å². The summed E-state index contributed by atoms with van der Waals surface area (Å²) in [4.78, 5) is 11.8. The van der Waals surface area contributed by atoms with Crippen molar-refractivity contribution in [2.75, 3.05) is 13.2 Å². The van der Waals surface area contributed by atoms with Gasteiger partial charge in [0.05, 0.1) is 43.0 Å². The molecule has 0 aliphatic carbocycles. The molecule has 2 heterocycles. The second-order valence-corrected chi connectivity index (χ2v) is 8.78. The molecular weight excluding hydrogens is 334 g/mol. The van der Waals surface area contributed by atoms with E-state index in [9.17, 15) is 9.90 Å². The van der Waals surface area contributed by atoms with E-state index in [-0.39, 0.29) is 36.8 Å². The maximum Gasteiger partial charge on any atom is 0.311 e. The van der Waals surface area contributed by atoms with Gasteiger partial charge in [0.25, 0.3) is 0 Å². The molecule has 2 unspecified atom stereocenters. The average Bonchev–Trinajstić information content (AvgIpc) is 2.95. The van der Waals surface area contributed by atoms with Gasteiger partial charge in [0, 0.05) is 12.3 Å². The maximum absolute atomic E-state index is 11.8. The molecule has 6 nitrogen and oxygen atoms in total. The van der Waals surface area contributed by atoms with Gasteiger partial charge in [-0.1, -0.05) is 0 Å². The van der Waals surface area contributed by atoms with Gasteiger partial charge in [-0.2, -0.15) is 5.26 Å². The van der Waals surface area contributed by atoms with Crippen molar-refractivity contribution in [2.45, 2.75) is 90.1 Å². The van der Waals surface area contributed by atoms with Crippen LogP contribution in [0.3, 0.4) is 0 Å². The number of carbonyl (C=O) groups is 1. The number of aliphatic hydroxyl groups is 1. The summed E-state index contributed by atoms with van der Waals surface area (Å²) >= 11 is 0. The molecule has 148 valence electrons. The number of hydrogen-bond donors (Lipinski definition) is 1. The van der Waals surface area contributed by atoms with E-state index in [0.29, 0.717) is 19.4 Å². The molecule has 2 rings (SSSR count). The van der Waals surface area contributed by atoms with E-state index < -0.39 is 11.0 Å². The molecule has 1 N–H and O–H groups in total.